The second-order valence-electron chi connectivity index (χ2n) is 14.4. The van der Waals surface area contributed by atoms with Gasteiger partial charge in [-0.2, -0.15) is 0 Å². The predicted molar refractivity (Wildman–Crippen MR) is 213 cm³/mol. The quantitative estimate of drug-likeness (QED) is 0.176. The van der Waals surface area contributed by atoms with E-state index in [1.807, 2.05) is 0 Å². The van der Waals surface area contributed by atoms with Crippen LogP contribution in [0.15, 0.2) is 158 Å². The highest BCUT2D eigenvalue weighted by Crippen LogP contribution is 2.54. The molecule has 0 aliphatic heterocycles. The Morgan fingerprint density at radius 2 is 1.02 bits per heavy atom. The van der Waals surface area contributed by atoms with Crippen LogP contribution in [-0.2, 0) is 5.41 Å². The van der Waals surface area contributed by atoms with E-state index >= 15 is 0 Å². The van der Waals surface area contributed by atoms with Crippen LogP contribution in [0.3, 0.4) is 0 Å². The van der Waals surface area contributed by atoms with Crippen molar-refractivity contribution in [3.63, 3.8) is 0 Å². The number of hydrogen-bond donors (Lipinski definition) is 0. The Morgan fingerprint density at radius 3 is 1.90 bits per heavy atom. The number of benzene rings is 8. The minimum absolute atomic E-state index is 0.0821. The first-order chi connectivity index (χ1) is 24.5. The molecule has 0 fully saturated rings. The highest BCUT2D eigenvalue weighted by Gasteiger charge is 2.37. The highest BCUT2D eigenvalue weighted by molar-refractivity contribution is 6.23. The van der Waals surface area contributed by atoms with Gasteiger partial charge in [-0.3, -0.25) is 4.98 Å². The highest BCUT2D eigenvalue weighted by atomic mass is 14.7. The fourth-order valence-corrected chi connectivity index (χ4v) is 8.67. The van der Waals surface area contributed by atoms with Crippen molar-refractivity contribution in [2.24, 2.45) is 0 Å². The fourth-order valence-electron chi connectivity index (χ4n) is 8.67. The summed E-state index contributed by atoms with van der Waals surface area (Å²) in [4.78, 5) is 4.82. The van der Waals surface area contributed by atoms with Crippen LogP contribution in [0, 0.1) is 6.92 Å². The molecule has 1 heterocycles. The van der Waals surface area contributed by atoms with E-state index < -0.39 is 0 Å². The zero-order chi connectivity index (χ0) is 33.6. The molecule has 50 heavy (non-hydrogen) atoms. The van der Waals surface area contributed by atoms with Gasteiger partial charge in [-0.1, -0.05) is 141 Å². The summed E-state index contributed by atoms with van der Waals surface area (Å²) >= 11 is 0. The van der Waals surface area contributed by atoms with Gasteiger partial charge in [-0.15, -0.1) is 0 Å². The van der Waals surface area contributed by atoms with Crippen LogP contribution < -0.4 is 0 Å². The van der Waals surface area contributed by atoms with E-state index in [1.165, 1.54) is 88.0 Å². The summed E-state index contributed by atoms with van der Waals surface area (Å²) in [7, 11) is 0. The van der Waals surface area contributed by atoms with Gasteiger partial charge in [0.05, 0.1) is 5.52 Å². The van der Waals surface area contributed by atoms with Crippen molar-refractivity contribution in [1.29, 1.82) is 0 Å². The van der Waals surface area contributed by atoms with Crippen LogP contribution >= 0.6 is 0 Å². The third-order valence-corrected chi connectivity index (χ3v) is 11.1. The molecule has 236 valence electrons. The van der Waals surface area contributed by atoms with Crippen LogP contribution in [0.2, 0.25) is 0 Å². The van der Waals surface area contributed by atoms with E-state index in [1.54, 1.807) is 0 Å². The lowest BCUT2D eigenvalue weighted by molar-refractivity contribution is 0.660. The average Bonchev–Trinajstić information content (AvgIpc) is 3.39. The third-order valence-electron chi connectivity index (χ3n) is 11.1. The molecular formula is C49H35N. The molecule has 0 spiro atoms. The lowest BCUT2D eigenvalue weighted by atomic mass is 9.80. The molecule has 1 nitrogen and oxygen atoms in total. The fraction of sp³-hybridized carbons (Fsp3) is 0.0816. The summed E-state index contributed by atoms with van der Waals surface area (Å²) in [6.45, 7) is 6.80. The number of aryl methyl sites for hydroxylation is 1. The van der Waals surface area contributed by atoms with E-state index in [2.05, 4.69) is 178 Å². The van der Waals surface area contributed by atoms with Crippen molar-refractivity contribution in [2.75, 3.05) is 0 Å². The van der Waals surface area contributed by atoms with Crippen molar-refractivity contribution in [3.05, 3.63) is 175 Å². The zero-order valence-electron chi connectivity index (χ0n) is 28.5. The topological polar surface area (TPSA) is 12.9 Å². The van der Waals surface area contributed by atoms with E-state index in [0.717, 1.165) is 16.6 Å². The van der Waals surface area contributed by atoms with E-state index in [4.69, 9.17) is 4.98 Å². The molecule has 9 aromatic rings. The number of hydrogen-bond acceptors (Lipinski definition) is 1. The van der Waals surface area contributed by atoms with Gasteiger partial charge < -0.3 is 0 Å². The number of fused-ring (bicyclic) bond motifs is 7. The summed E-state index contributed by atoms with van der Waals surface area (Å²) in [5.41, 5.74) is 15.0. The lowest BCUT2D eigenvalue weighted by Crippen LogP contribution is -2.14. The number of pyridine rings is 1. The summed E-state index contributed by atoms with van der Waals surface area (Å²) in [5, 5.41) is 8.71. The second kappa shape index (κ2) is 10.7. The first-order valence-electron chi connectivity index (χ1n) is 17.5. The maximum atomic E-state index is 4.82. The standard InChI is InChI=1S/C49H35N/c1-30-19-20-35-28-36(24-26-45(35)50-30)46-37-13-6-7-14-38(37)47(41-16-10-18-44-48(41)40-15-8-9-17-43(40)49(44,2)3)42-29-34(23-25-39(42)46)33-22-21-31-11-4-5-12-32(31)27-33/h4-29H,1-3H3. The van der Waals surface area contributed by atoms with Gasteiger partial charge >= 0.3 is 0 Å². The molecule has 1 aromatic heterocycles. The van der Waals surface area contributed by atoms with Crippen LogP contribution in [0.1, 0.15) is 30.7 Å². The lowest BCUT2D eigenvalue weighted by Gasteiger charge is -2.23. The van der Waals surface area contributed by atoms with Gasteiger partial charge in [-0.25, -0.2) is 0 Å². The summed E-state index contributed by atoms with van der Waals surface area (Å²) < 4.78 is 0. The molecule has 0 atom stereocenters. The SMILES string of the molecule is Cc1ccc2cc(-c3c4ccccc4c(-c4cccc5c4-c4ccccc4C5(C)C)c4cc(-c5ccc6ccccc6c5)ccc34)ccc2n1. The average molecular weight is 638 g/mol. The predicted octanol–water partition coefficient (Wildman–Crippen LogP) is 13.3. The van der Waals surface area contributed by atoms with Crippen LogP contribution in [0.25, 0.3) is 87.7 Å². The summed E-state index contributed by atoms with van der Waals surface area (Å²) in [6, 6.07) is 58.6. The first-order valence-corrected chi connectivity index (χ1v) is 17.5. The number of rotatable bonds is 3. The van der Waals surface area contributed by atoms with E-state index in [-0.39, 0.29) is 5.41 Å². The molecule has 1 heteroatoms. The summed E-state index contributed by atoms with van der Waals surface area (Å²) in [6.07, 6.45) is 0. The van der Waals surface area contributed by atoms with Crippen molar-refractivity contribution >= 4 is 43.2 Å². The van der Waals surface area contributed by atoms with E-state index in [9.17, 15) is 0 Å². The number of nitrogens with zero attached hydrogens (tertiary/aromatic N) is 1. The van der Waals surface area contributed by atoms with Gasteiger partial charge in [0.25, 0.3) is 0 Å². The van der Waals surface area contributed by atoms with Crippen molar-refractivity contribution < 1.29 is 0 Å². The molecular weight excluding hydrogens is 603 g/mol. The molecule has 8 aromatic carbocycles. The van der Waals surface area contributed by atoms with Crippen molar-refractivity contribution in [1.82, 2.24) is 4.98 Å². The Morgan fingerprint density at radius 1 is 0.400 bits per heavy atom. The minimum Gasteiger partial charge on any atom is -0.253 e. The molecule has 0 bridgehead atoms. The smallest absolute Gasteiger partial charge is 0.0705 e. The zero-order valence-corrected chi connectivity index (χ0v) is 28.5. The van der Waals surface area contributed by atoms with Gasteiger partial charge in [0.2, 0.25) is 0 Å². The molecule has 1 aliphatic carbocycles. The Bertz CT molecular complexity index is 2850. The second-order valence-corrected chi connectivity index (χ2v) is 14.4. The largest absolute Gasteiger partial charge is 0.253 e. The van der Waals surface area contributed by atoms with Gasteiger partial charge in [-0.05, 0) is 125 Å². The monoisotopic (exact) mass is 637 g/mol. The molecule has 0 saturated heterocycles. The van der Waals surface area contributed by atoms with Crippen LogP contribution in [0.4, 0.5) is 0 Å². The Hall–Kier alpha value is -6.05. The summed E-state index contributed by atoms with van der Waals surface area (Å²) in [5.74, 6) is 0. The Labute approximate surface area is 292 Å². The molecule has 0 saturated carbocycles. The molecule has 0 N–H and O–H groups in total. The van der Waals surface area contributed by atoms with Crippen molar-refractivity contribution in [3.8, 4) is 44.5 Å². The normalized spacial score (nSPS) is 13.3. The van der Waals surface area contributed by atoms with Gasteiger partial charge in [0.1, 0.15) is 0 Å². The Balaban J connectivity index is 1.34. The molecule has 10 rings (SSSR count). The first kappa shape index (κ1) is 28.9. The maximum Gasteiger partial charge on any atom is 0.0705 e. The molecule has 0 amide bonds. The van der Waals surface area contributed by atoms with Crippen molar-refractivity contribution in [2.45, 2.75) is 26.2 Å². The number of aromatic nitrogens is 1. The Kier molecular flexibility index (Phi) is 6.20. The molecule has 1 aliphatic rings. The van der Waals surface area contributed by atoms with Crippen LogP contribution in [0.5, 0.6) is 0 Å². The van der Waals surface area contributed by atoms with Crippen LogP contribution in [-0.4, -0.2) is 4.98 Å². The minimum atomic E-state index is -0.0821. The van der Waals surface area contributed by atoms with Gasteiger partial charge in [0.15, 0.2) is 0 Å². The molecule has 0 radical (unpaired) electrons. The third kappa shape index (κ3) is 4.23. The van der Waals surface area contributed by atoms with Gasteiger partial charge in [0, 0.05) is 16.5 Å². The maximum absolute atomic E-state index is 4.82. The van der Waals surface area contributed by atoms with E-state index in [0.29, 0.717) is 0 Å². The molecule has 0 unspecified atom stereocenters.